The molecule has 1 N–H and O–H groups in total. The molecule has 5 heteroatoms. The van der Waals surface area contributed by atoms with Gasteiger partial charge in [-0.3, -0.25) is 4.79 Å². The molecule has 0 radical (unpaired) electrons. The van der Waals surface area contributed by atoms with Crippen LogP contribution in [0.5, 0.6) is 0 Å². The molecule has 0 aliphatic rings. The van der Waals surface area contributed by atoms with Gasteiger partial charge < -0.3 is 10.1 Å². The molecule has 0 aromatic carbocycles. The monoisotopic (exact) mass is 251 g/mol. The Kier molecular flexibility index (Phi) is 3.92. The van der Waals surface area contributed by atoms with E-state index < -0.39 is 11.5 Å². The van der Waals surface area contributed by atoms with Gasteiger partial charge in [0.15, 0.2) is 0 Å². The van der Waals surface area contributed by atoms with E-state index in [2.05, 4.69) is 16.0 Å². The number of carbonyl (C=O) groups is 2. The summed E-state index contributed by atoms with van der Waals surface area (Å²) in [6.07, 6.45) is 5.21. The number of thiophene rings is 1. The lowest BCUT2D eigenvalue weighted by Crippen LogP contribution is -2.50. The van der Waals surface area contributed by atoms with Gasteiger partial charge in [0.05, 0.1) is 16.9 Å². The standard InChI is InChI=1S/C12H13NO3S/c1-5-8-6-7-9(17-8)10(14)13-12(2,3)11(15)16-4/h1,6-7H,2-4H3,(H,13,14). The Labute approximate surface area is 104 Å². The van der Waals surface area contributed by atoms with E-state index in [0.29, 0.717) is 9.75 Å². The summed E-state index contributed by atoms with van der Waals surface area (Å²) in [5, 5.41) is 2.59. The van der Waals surface area contributed by atoms with Gasteiger partial charge in [-0.1, -0.05) is 5.92 Å². The zero-order valence-electron chi connectivity index (χ0n) is 9.87. The van der Waals surface area contributed by atoms with Crippen LogP contribution >= 0.6 is 11.3 Å². The van der Waals surface area contributed by atoms with Crippen molar-refractivity contribution in [1.29, 1.82) is 0 Å². The van der Waals surface area contributed by atoms with Crippen molar-refractivity contribution in [3.05, 3.63) is 21.9 Å². The highest BCUT2D eigenvalue weighted by Gasteiger charge is 2.31. The lowest BCUT2D eigenvalue weighted by atomic mass is 10.1. The van der Waals surface area contributed by atoms with E-state index in [-0.39, 0.29) is 5.91 Å². The van der Waals surface area contributed by atoms with Crippen LogP contribution in [0.1, 0.15) is 28.4 Å². The molecule has 0 spiro atoms. The van der Waals surface area contributed by atoms with Crippen LogP contribution in [0.3, 0.4) is 0 Å². The Bertz CT molecular complexity index is 482. The van der Waals surface area contributed by atoms with Crippen molar-refractivity contribution in [2.75, 3.05) is 7.11 Å². The minimum atomic E-state index is -1.06. The van der Waals surface area contributed by atoms with Crippen molar-refractivity contribution >= 4 is 23.2 Å². The molecule has 0 unspecified atom stereocenters. The highest BCUT2D eigenvalue weighted by molar-refractivity contribution is 7.14. The molecule has 1 rings (SSSR count). The Morgan fingerprint density at radius 1 is 1.47 bits per heavy atom. The summed E-state index contributed by atoms with van der Waals surface area (Å²) in [5.41, 5.74) is -1.06. The number of nitrogens with one attached hydrogen (secondary N) is 1. The van der Waals surface area contributed by atoms with Crippen molar-refractivity contribution in [2.45, 2.75) is 19.4 Å². The summed E-state index contributed by atoms with van der Waals surface area (Å²) in [6, 6.07) is 3.31. The van der Waals surface area contributed by atoms with E-state index in [0.717, 1.165) is 0 Å². The Morgan fingerprint density at radius 3 is 2.59 bits per heavy atom. The van der Waals surface area contributed by atoms with Crippen LogP contribution in [0.4, 0.5) is 0 Å². The van der Waals surface area contributed by atoms with Gasteiger partial charge >= 0.3 is 5.97 Å². The molecule has 0 bridgehead atoms. The van der Waals surface area contributed by atoms with E-state index in [1.165, 1.54) is 18.4 Å². The fraction of sp³-hybridized carbons (Fsp3) is 0.333. The number of rotatable bonds is 3. The fourth-order valence-electron chi connectivity index (χ4n) is 1.19. The fourth-order valence-corrected chi connectivity index (χ4v) is 1.90. The van der Waals surface area contributed by atoms with Crippen LogP contribution in [-0.4, -0.2) is 24.5 Å². The lowest BCUT2D eigenvalue weighted by Gasteiger charge is -2.22. The van der Waals surface area contributed by atoms with Crippen LogP contribution in [0, 0.1) is 12.3 Å². The van der Waals surface area contributed by atoms with Crippen LogP contribution in [-0.2, 0) is 9.53 Å². The number of terminal acetylenes is 1. The van der Waals surface area contributed by atoms with Gasteiger partial charge in [0.2, 0.25) is 0 Å². The molecule has 0 aliphatic heterocycles. The van der Waals surface area contributed by atoms with Crippen molar-refractivity contribution < 1.29 is 14.3 Å². The molecule has 0 atom stereocenters. The normalized spacial score (nSPS) is 10.5. The molecule has 17 heavy (non-hydrogen) atoms. The molecule has 1 heterocycles. The molecule has 4 nitrogen and oxygen atoms in total. The number of methoxy groups -OCH3 is 1. The molecular formula is C12H13NO3S. The van der Waals surface area contributed by atoms with Crippen molar-refractivity contribution in [3.63, 3.8) is 0 Å². The molecule has 1 amide bonds. The summed E-state index contributed by atoms with van der Waals surface area (Å²) >= 11 is 1.20. The zero-order valence-corrected chi connectivity index (χ0v) is 10.7. The van der Waals surface area contributed by atoms with Crippen molar-refractivity contribution in [2.24, 2.45) is 0 Å². The van der Waals surface area contributed by atoms with Gasteiger partial charge in [-0.15, -0.1) is 17.8 Å². The molecule has 1 aromatic heterocycles. The maximum absolute atomic E-state index is 11.8. The zero-order chi connectivity index (χ0) is 13.1. The second kappa shape index (κ2) is 5.02. The first-order valence-electron chi connectivity index (χ1n) is 4.88. The quantitative estimate of drug-likeness (QED) is 0.653. The number of hydrogen-bond acceptors (Lipinski definition) is 4. The molecule has 0 saturated carbocycles. The highest BCUT2D eigenvalue weighted by atomic mass is 32.1. The third-order valence-corrected chi connectivity index (χ3v) is 3.11. The molecular weight excluding hydrogens is 238 g/mol. The van der Waals surface area contributed by atoms with E-state index >= 15 is 0 Å². The summed E-state index contributed by atoms with van der Waals surface area (Å²) < 4.78 is 4.60. The third kappa shape index (κ3) is 3.08. The molecule has 0 fully saturated rings. The highest BCUT2D eigenvalue weighted by Crippen LogP contribution is 2.16. The minimum Gasteiger partial charge on any atom is -0.467 e. The largest absolute Gasteiger partial charge is 0.467 e. The second-order valence-electron chi connectivity index (χ2n) is 3.88. The smallest absolute Gasteiger partial charge is 0.330 e. The van der Waals surface area contributed by atoms with Gasteiger partial charge in [-0.25, -0.2) is 4.79 Å². The first-order valence-corrected chi connectivity index (χ1v) is 5.69. The first kappa shape index (κ1) is 13.3. The van der Waals surface area contributed by atoms with E-state index in [1.54, 1.807) is 26.0 Å². The topological polar surface area (TPSA) is 55.4 Å². The summed E-state index contributed by atoms with van der Waals surface area (Å²) in [6.45, 7) is 3.15. The van der Waals surface area contributed by atoms with Crippen LogP contribution in [0.25, 0.3) is 0 Å². The van der Waals surface area contributed by atoms with Gasteiger partial charge in [0, 0.05) is 0 Å². The van der Waals surface area contributed by atoms with Crippen LogP contribution < -0.4 is 5.32 Å². The average molecular weight is 251 g/mol. The van der Waals surface area contributed by atoms with Gasteiger partial charge in [0.1, 0.15) is 5.54 Å². The number of ether oxygens (including phenoxy) is 1. The SMILES string of the molecule is C#Cc1ccc(C(=O)NC(C)(C)C(=O)OC)s1. The Balaban J connectivity index is 2.79. The maximum atomic E-state index is 11.8. The van der Waals surface area contributed by atoms with Gasteiger partial charge in [-0.05, 0) is 26.0 Å². The average Bonchev–Trinajstić information content (AvgIpc) is 2.75. The Hall–Kier alpha value is -1.80. The first-order chi connectivity index (χ1) is 7.90. The van der Waals surface area contributed by atoms with Crippen molar-refractivity contribution in [3.8, 4) is 12.3 Å². The summed E-state index contributed by atoms with van der Waals surface area (Å²) in [4.78, 5) is 24.4. The van der Waals surface area contributed by atoms with E-state index in [9.17, 15) is 9.59 Å². The van der Waals surface area contributed by atoms with Gasteiger partial charge in [0.25, 0.3) is 5.91 Å². The maximum Gasteiger partial charge on any atom is 0.330 e. The third-order valence-electron chi connectivity index (χ3n) is 2.09. The predicted octanol–water partition coefficient (Wildman–Crippen LogP) is 1.41. The molecule has 0 saturated heterocycles. The van der Waals surface area contributed by atoms with Crippen LogP contribution in [0.2, 0.25) is 0 Å². The minimum absolute atomic E-state index is 0.341. The molecule has 0 aliphatic carbocycles. The number of esters is 1. The van der Waals surface area contributed by atoms with E-state index in [4.69, 9.17) is 6.42 Å². The lowest BCUT2D eigenvalue weighted by molar-refractivity contribution is -0.146. The second-order valence-corrected chi connectivity index (χ2v) is 4.96. The number of hydrogen-bond donors (Lipinski definition) is 1. The molecule has 90 valence electrons. The predicted molar refractivity (Wildman–Crippen MR) is 65.8 cm³/mol. The van der Waals surface area contributed by atoms with Crippen LogP contribution in [0.15, 0.2) is 12.1 Å². The number of carbonyl (C=O) groups excluding carboxylic acids is 2. The van der Waals surface area contributed by atoms with E-state index in [1.807, 2.05) is 0 Å². The summed E-state index contributed by atoms with van der Waals surface area (Å²) in [7, 11) is 1.28. The van der Waals surface area contributed by atoms with Crippen molar-refractivity contribution in [1.82, 2.24) is 5.32 Å². The number of amides is 1. The Morgan fingerprint density at radius 2 is 2.12 bits per heavy atom. The van der Waals surface area contributed by atoms with Gasteiger partial charge in [-0.2, -0.15) is 0 Å². The summed E-state index contributed by atoms with van der Waals surface area (Å²) in [5.74, 6) is 1.60. The molecule has 1 aromatic rings.